The highest BCUT2D eigenvalue weighted by atomic mass is 16.2. The fourth-order valence-corrected chi connectivity index (χ4v) is 2.62. The molecule has 2 amide bonds. The van der Waals surface area contributed by atoms with Crippen LogP contribution in [0, 0.1) is 6.92 Å². The summed E-state index contributed by atoms with van der Waals surface area (Å²) in [5, 5.41) is 2.83. The molecule has 114 valence electrons. The van der Waals surface area contributed by atoms with Crippen LogP contribution in [0.5, 0.6) is 0 Å². The number of carbonyl (C=O) groups is 2. The summed E-state index contributed by atoms with van der Waals surface area (Å²) in [5.41, 5.74) is 8.42. The molecule has 0 bridgehead atoms. The highest BCUT2D eigenvalue weighted by Crippen LogP contribution is 2.27. The van der Waals surface area contributed by atoms with Gasteiger partial charge in [-0.1, -0.05) is 13.3 Å². The third-order valence-corrected chi connectivity index (χ3v) is 3.76. The van der Waals surface area contributed by atoms with Crippen molar-refractivity contribution < 1.29 is 9.59 Å². The van der Waals surface area contributed by atoms with Gasteiger partial charge in [-0.2, -0.15) is 0 Å². The second-order valence-corrected chi connectivity index (χ2v) is 5.53. The third-order valence-electron chi connectivity index (χ3n) is 3.76. The second kappa shape index (κ2) is 6.72. The van der Waals surface area contributed by atoms with E-state index in [0.717, 1.165) is 36.3 Å². The van der Waals surface area contributed by atoms with E-state index in [9.17, 15) is 9.59 Å². The molecule has 2 rings (SSSR count). The fraction of sp³-hybridized carbons (Fsp3) is 0.500. The zero-order chi connectivity index (χ0) is 15.4. The van der Waals surface area contributed by atoms with E-state index < -0.39 is 6.04 Å². The van der Waals surface area contributed by atoms with Crippen LogP contribution < -0.4 is 16.0 Å². The van der Waals surface area contributed by atoms with Crippen LogP contribution in [0.1, 0.15) is 38.2 Å². The Morgan fingerprint density at radius 3 is 2.81 bits per heavy atom. The molecular weight excluding hydrogens is 266 g/mol. The maximum absolute atomic E-state index is 11.9. The summed E-state index contributed by atoms with van der Waals surface area (Å²) in [7, 11) is 0. The smallest absolute Gasteiger partial charge is 0.241 e. The molecule has 1 aromatic rings. The summed E-state index contributed by atoms with van der Waals surface area (Å²) < 4.78 is 0. The first kappa shape index (κ1) is 15.5. The molecule has 1 fully saturated rings. The Morgan fingerprint density at radius 1 is 1.48 bits per heavy atom. The number of rotatable bonds is 5. The average molecular weight is 289 g/mol. The van der Waals surface area contributed by atoms with Gasteiger partial charge in [0.2, 0.25) is 11.8 Å². The number of aryl methyl sites for hydroxylation is 1. The summed E-state index contributed by atoms with van der Waals surface area (Å²) in [6, 6.07) is 5.12. The molecule has 1 heterocycles. The van der Waals surface area contributed by atoms with Gasteiger partial charge < -0.3 is 16.0 Å². The number of carbonyl (C=O) groups excluding carboxylic acids is 2. The van der Waals surface area contributed by atoms with Gasteiger partial charge in [0, 0.05) is 24.3 Å². The molecule has 1 aliphatic rings. The van der Waals surface area contributed by atoms with Crippen molar-refractivity contribution >= 4 is 23.2 Å². The van der Waals surface area contributed by atoms with Crippen LogP contribution in [0.15, 0.2) is 18.2 Å². The van der Waals surface area contributed by atoms with Crippen LogP contribution in [0.3, 0.4) is 0 Å². The highest BCUT2D eigenvalue weighted by molar-refractivity contribution is 5.97. The van der Waals surface area contributed by atoms with Crippen molar-refractivity contribution in [2.75, 3.05) is 16.8 Å². The number of benzene rings is 1. The van der Waals surface area contributed by atoms with Crippen molar-refractivity contribution in [1.82, 2.24) is 0 Å². The molecule has 1 saturated heterocycles. The third kappa shape index (κ3) is 3.61. The standard InChI is InChI=1S/C16H23N3O2/c1-3-5-13(17)16(21)18-12-7-8-14(11(2)10-12)19-9-4-6-15(19)20/h7-8,10,13H,3-6,9,17H2,1-2H3,(H,18,21)/t13-/m0/s1. The van der Waals surface area contributed by atoms with Crippen molar-refractivity contribution in [2.24, 2.45) is 5.73 Å². The van der Waals surface area contributed by atoms with Gasteiger partial charge in [-0.05, 0) is 43.5 Å². The molecule has 0 aromatic heterocycles. The molecule has 0 unspecified atom stereocenters. The van der Waals surface area contributed by atoms with Gasteiger partial charge in [0.1, 0.15) is 0 Å². The Balaban J connectivity index is 2.08. The number of amides is 2. The number of nitrogens with two attached hydrogens (primary N) is 1. The molecule has 0 aliphatic carbocycles. The molecule has 0 radical (unpaired) electrons. The molecule has 1 aromatic carbocycles. The predicted molar refractivity (Wildman–Crippen MR) is 84.3 cm³/mol. The lowest BCUT2D eigenvalue weighted by Crippen LogP contribution is -2.35. The number of anilines is 2. The zero-order valence-electron chi connectivity index (χ0n) is 12.7. The first-order valence-electron chi connectivity index (χ1n) is 7.50. The lowest BCUT2D eigenvalue weighted by Gasteiger charge is -2.19. The quantitative estimate of drug-likeness (QED) is 0.872. The predicted octanol–water partition coefficient (Wildman–Crippen LogP) is 2.19. The molecule has 3 N–H and O–H groups in total. The lowest BCUT2D eigenvalue weighted by molar-refractivity contribution is -0.118. The average Bonchev–Trinajstić information content (AvgIpc) is 2.85. The highest BCUT2D eigenvalue weighted by Gasteiger charge is 2.23. The number of nitrogens with zero attached hydrogens (tertiary/aromatic N) is 1. The van der Waals surface area contributed by atoms with Crippen LogP contribution in [0.25, 0.3) is 0 Å². The lowest BCUT2D eigenvalue weighted by atomic mass is 10.1. The summed E-state index contributed by atoms with van der Waals surface area (Å²) in [5.74, 6) is 0.00102. The zero-order valence-corrected chi connectivity index (χ0v) is 12.7. The molecule has 1 aliphatic heterocycles. The van der Waals surface area contributed by atoms with E-state index in [4.69, 9.17) is 5.73 Å². The van der Waals surface area contributed by atoms with Crippen molar-refractivity contribution in [3.05, 3.63) is 23.8 Å². The SMILES string of the molecule is CCC[C@H](N)C(=O)Nc1ccc(N2CCCC2=O)c(C)c1. The Kier molecular flexibility index (Phi) is 4.96. The van der Waals surface area contributed by atoms with E-state index in [1.807, 2.05) is 36.9 Å². The van der Waals surface area contributed by atoms with Gasteiger partial charge in [0.15, 0.2) is 0 Å². The van der Waals surface area contributed by atoms with E-state index in [0.29, 0.717) is 12.8 Å². The van der Waals surface area contributed by atoms with Crippen molar-refractivity contribution in [1.29, 1.82) is 0 Å². The van der Waals surface area contributed by atoms with Gasteiger partial charge in [-0.25, -0.2) is 0 Å². The van der Waals surface area contributed by atoms with Gasteiger partial charge in [-0.3, -0.25) is 9.59 Å². The van der Waals surface area contributed by atoms with E-state index in [2.05, 4.69) is 5.32 Å². The number of hydrogen-bond acceptors (Lipinski definition) is 3. The van der Waals surface area contributed by atoms with Crippen molar-refractivity contribution in [3.63, 3.8) is 0 Å². The van der Waals surface area contributed by atoms with Crippen LogP contribution in [-0.2, 0) is 9.59 Å². The number of nitrogens with one attached hydrogen (secondary N) is 1. The first-order valence-corrected chi connectivity index (χ1v) is 7.50. The molecule has 0 spiro atoms. The first-order chi connectivity index (χ1) is 10.0. The summed E-state index contributed by atoms with van der Waals surface area (Å²) in [4.78, 5) is 25.5. The van der Waals surface area contributed by atoms with E-state index >= 15 is 0 Å². The van der Waals surface area contributed by atoms with Gasteiger partial charge in [-0.15, -0.1) is 0 Å². The van der Waals surface area contributed by atoms with Crippen LogP contribution in [0.2, 0.25) is 0 Å². The fourth-order valence-electron chi connectivity index (χ4n) is 2.62. The van der Waals surface area contributed by atoms with Gasteiger partial charge in [0.05, 0.1) is 6.04 Å². The van der Waals surface area contributed by atoms with Crippen molar-refractivity contribution in [3.8, 4) is 0 Å². The van der Waals surface area contributed by atoms with Gasteiger partial charge in [0.25, 0.3) is 0 Å². The Morgan fingerprint density at radius 2 is 2.24 bits per heavy atom. The Labute approximate surface area is 125 Å². The van der Waals surface area contributed by atoms with Gasteiger partial charge >= 0.3 is 0 Å². The molecular formula is C16H23N3O2. The molecule has 5 nitrogen and oxygen atoms in total. The second-order valence-electron chi connectivity index (χ2n) is 5.53. The van der Waals surface area contributed by atoms with Crippen LogP contribution >= 0.6 is 0 Å². The molecule has 5 heteroatoms. The normalized spacial score (nSPS) is 16.1. The summed E-state index contributed by atoms with van der Waals surface area (Å²) in [6.45, 7) is 4.72. The monoisotopic (exact) mass is 289 g/mol. The van der Waals surface area contributed by atoms with E-state index in [1.165, 1.54) is 0 Å². The number of hydrogen-bond donors (Lipinski definition) is 2. The molecule has 1 atom stereocenters. The topological polar surface area (TPSA) is 75.4 Å². The van der Waals surface area contributed by atoms with Crippen LogP contribution in [0.4, 0.5) is 11.4 Å². The Hall–Kier alpha value is -1.88. The minimum atomic E-state index is -0.477. The Bertz CT molecular complexity index is 542. The summed E-state index contributed by atoms with van der Waals surface area (Å²) >= 11 is 0. The largest absolute Gasteiger partial charge is 0.325 e. The molecule has 21 heavy (non-hydrogen) atoms. The van der Waals surface area contributed by atoms with E-state index in [1.54, 1.807) is 0 Å². The van der Waals surface area contributed by atoms with E-state index in [-0.39, 0.29) is 11.8 Å². The maximum atomic E-state index is 11.9. The minimum absolute atomic E-state index is 0.166. The molecule has 0 saturated carbocycles. The minimum Gasteiger partial charge on any atom is -0.325 e. The van der Waals surface area contributed by atoms with Crippen LogP contribution in [-0.4, -0.2) is 24.4 Å². The summed E-state index contributed by atoms with van der Waals surface area (Å²) in [6.07, 6.45) is 3.07. The maximum Gasteiger partial charge on any atom is 0.241 e. The van der Waals surface area contributed by atoms with Crippen molar-refractivity contribution in [2.45, 2.75) is 45.6 Å².